The van der Waals surface area contributed by atoms with Crippen LogP contribution < -0.4 is 0 Å². The van der Waals surface area contributed by atoms with Gasteiger partial charge in [-0.05, 0) is 22.4 Å². The summed E-state index contributed by atoms with van der Waals surface area (Å²) in [5, 5.41) is 2.42. The zero-order chi connectivity index (χ0) is 11.7. The number of fused-ring (bicyclic) bond motifs is 1. The van der Waals surface area contributed by atoms with Crippen LogP contribution in [0.3, 0.4) is 0 Å². The van der Waals surface area contributed by atoms with Crippen LogP contribution in [-0.2, 0) is 9.53 Å². The Morgan fingerprint density at radius 1 is 1.06 bits per heavy atom. The van der Waals surface area contributed by atoms with Gasteiger partial charge in [-0.1, -0.05) is 36.4 Å². The van der Waals surface area contributed by atoms with Crippen LogP contribution in [0.2, 0.25) is 0 Å². The van der Waals surface area contributed by atoms with Gasteiger partial charge in [0.2, 0.25) is 0 Å². The van der Waals surface area contributed by atoms with E-state index in [2.05, 4.69) is 30.3 Å². The number of Topliss-reactive ketones (excluding diaryl/α,β-unsaturated/α-hetero) is 1. The van der Waals surface area contributed by atoms with Crippen LogP contribution in [0.1, 0.15) is 24.5 Å². The molecule has 17 heavy (non-hydrogen) atoms. The predicted molar refractivity (Wildman–Crippen MR) is 66.9 cm³/mol. The van der Waals surface area contributed by atoms with Crippen molar-refractivity contribution in [1.82, 2.24) is 0 Å². The highest BCUT2D eigenvalue weighted by Crippen LogP contribution is 2.28. The van der Waals surface area contributed by atoms with E-state index in [-0.39, 0.29) is 6.10 Å². The van der Waals surface area contributed by atoms with Gasteiger partial charge in [0.25, 0.3) is 0 Å². The molecule has 86 valence electrons. The number of benzene rings is 2. The summed E-state index contributed by atoms with van der Waals surface area (Å²) in [4.78, 5) is 11.4. The highest BCUT2D eigenvalue weighted by molar-refractivity contribution is 5.84. The van der Waals surface area contributed by atoms with E-state index in [0.717, 1.165) is 5.56 Å². The first-order valence-electron chi connectivity index (χ1n) is 5.95. The van der Waals surface area contributed by atoms with Gasteiger partial charge < -0.3 is 4.74 Å². The van der Waals surface area contributed by atoms with Gasteiger partial charge in [0.1, 0.15) is 5.78 Å². The molecule has 0 aromatic heterocycles. The molecule has 2 aromatic rings. The molecule has 0 radical (unpaired) electrons. The van der Waals surface area contributed by atoms with Crippen LogP contribution in [0.5, 0.6) is 0 Å². The maximum absolute atomic E-state index is 11.4. The third kappa shape index (κ3) is 2.08. The van der Waals surface area contributed by atoms with Gasteiger partial charge >= 0.3 is 0 Å². The molecule has 1 atom stereocenters. The Labute approximate surface area is 100 Å². The molecule has 1 heterocycles. The van der Waals surface area contributed by atoms with E-state index >= 15 is 0 Å². The molecule has 1 aliphatic heterocycles. The first-order chi connectivity index (χ1) is 8.33. The van der Waals surface area contributed by atoms with Crippen molar-refractivity contribution in [3.05, 3.63) is 48.0 Å². The monoisotopic (exact) mass is 226 g/mol. The van der Waals surface area contributed by atoms with Crippen LogP contribution >= 0.6 is 0 Å². The lowest BCUT2D eigenvalue weighted by Gasteiger charge is -2.22. The van der Waals surface area contributed by atoms with Crippen molar-refractivity contribution in [3.63, 3.8) is 0 Å². The Morgan fingerprint density at radius 2 is 1.88 bits per heavy atom. The third-order valence-electron chi connectivity index (χ3n) is 3.26. The van der Waals surface area contributed by atoms with E-state index < -0.39 is 0 Å². The highest BCUT2D eigenvalue weighted by atomic mass is 16.5. The fourth-order valence-electron chi connectivity index (χ4n) is 2.30. The quantitative estimate of drug-likeness (QED) is 0.746. The Morgan fingerprint density at radius 3 is 2.71 bits per heavy atom. The van der Waals surface area contributed by atoms with Crippen LogP contribution in [0.4, 0.5) is 0 Å². The first kappa shape index (κ1) is 10.5. The average molecular weight is 226 g/mol. The van der Waals surface area contributed by atoms with E-state index in [1.54, 1.807) is 0 Å². The summed E-state index contributed by atoms with van der Waals surface area (Å²) >= 11 is 0. The molecule has 2 aromatic carbocycles. The molecule has 0 bridgehead atoms. The number of hydrogen-bond donors (Lipinski definition) is 0. The lowest BCUT2D eigenvalue weighted by Crippen LogP contribution is -2.19. The minimum atomic E-state index is -0.0548. The minimum Gasteiger partial charge on any atom is -0.373 e. The number of ether oxygens (including phenoxy) is 1. The topological polar surface area (TPSA) is 26.3 Å². The molecule has 1 aliphatic rings. The molecule has 3 rings (SSSR count). The second-order valence-corrected chi connectivity index (χ2v) is 4.46. The Hall–Kier alpha value is -1.67. The fraction of sp³-hybridized carbons (Fsp3) is 0.267. The number of rotatable bonds is 1. The average Bonchev–Trinajstić information content (AvgIpc) is 2.38. The van der Waals surface area contributed by atoms with Gasteiger partial charge in [-0.25, -0.2) is 0 Å². The summed E-state index contributed by atoms with van der Waals surface area (Å²) in [6, 6.07) is 14.5. The Bertz CT molecular complexity index is 560. The smallest absolute Gasteiger partial charge is 0.138 e. The van der Waals surface area contributed by atoms with Crippen molar-refractivity contribution in [2.24, 2.45) is 0 Å². The number of hydrogen-bond acceptors (Lipinski definition) is 2. The molecule has 0 amide bonds. The normalized spacial score (nSPS) is 20.7. The second kappa shape index (κ2) is 4.30. The number of ketones is 1. The largest absolute Gasteiger partial charge is 0.373 e. The zero-order valence-electron chi connectivity index (χ0n) is 9.56. The van der Waals surface area contributed by atoms with Gasteiger partial charge in [0.15, 0.2) is 0 Å². The minimum absolute atomic E-state index is 0.0548. The van der Waals surface area contributed by atoms with Gasteiger partial charge in [-0.2, -0.15) is 0 Å². The molecule has 1 unspecified atom stereocenters. The molecule has 1 fully saturated rings. The zero-order valence-corrected chi connectivity index (χ0v) is 9.56. The molecular formula is C15H14O2. The van der Waals surface area contributed by atoms with Crippen LogP contribution in [0, 0.1) is 0 Å². The summed E-state index contributed by atoms with van der Waals surface area (Å²) in [7, 11) is 0. The van der Waals surface area contributed by atoms with Crippen LogP contribution in [0.15, 0.2) is 42.5 Å². The summed E-state index contributed by atoms with van der Waals surface area (Å²) in [6.45, 7) is 0.552. The fourth-order valence-corrected chi connectivity index (χ4v) is 2.30. The molecule has 2 nitrogen and oxygen atoms in total. The van der Waals surface area contributed by atoms with E-state index in [9.17, 15) is 4.79 Å². The van der Waals surface area contributed by atoms with Gasteiger partial charge in [0, 0.05) is 12.8 Å². The van der Waals surface area contributed by atoms with E-state index in [4.69, 9.17) is 4.74 Å². The summed E-state index contributed by atoms with van der Waals surface area (Å²) < 4.78 is 5.66. The standard InChI is InChI=1S/C15H14O2/c16-14-7-8-17-15(10-14)13-6-5-11-3-1-2-4-12(11)9-13/h1-6,9,15H,7-8,10H2. The lowest BCUT2D eigenvalue weighted by atomic mass is 9.98. The molecule has 0 N–H and O–H groups in total. The maximum atomic E-state index is 11.4. The first-order valence-corrected chi connectivity index (χ1v) is 5.95. The SMILES string of the molecule is O=C1CCOC(c2ccc3ccccc3c2)C1. The van der Waals surface area contributed by atoms with Gasteiger partial charge in [-0.15, -0.1) is 0 Å². The van der Waals surface area contributed by atoms with E-state index in [0.29, 0.717) is 25.2 Å². The summed E-state index contributed by atoms with van der Waals surface area (Å²) in [5.74, 6) is 0.300. The van der Waals surface area contributed by atoms with Crippen LogP contribution in [0.25, 0.3) is 10.8 Å². The molecule has 2 heteroatoms. The van der Waals surface area contributed by atoms with Gasteiger partial charge in [-0.3, -0.25) is 4.79 Å². The van der Waals surface area contributed by atoms with E-state index in [1.807, 2.05) is 12.1 Å². The van der Waals surface area contributed by atoms with Crippen molar-refractivity contribution >= 4 is 16.6 Å². The summed E-state index contributed by atoms with van der Waals surface area (Å²) in [5.41, 5.74) is 1.11. The maximum Gasteiger partial charge on any atom is 0.138 e. The molecule has 0 saturated carbocycles. The van der Waals surface area contributed by atoms with Crippen molar-refractivity contribution in [1.29, 1.82) is 0 Å². The van der Waals surface area contributed by atoms with Crippen molar-refractivity contribution in [2.75, 3.05) is 6.61 Å². The number of carbonyl (C=O) groups is 1. The third-order valence-corrected chi connectivity index (χ3v) is 3.26. The summed E-state index contributed by atoms with van der Waals surface area (Å²) in [6.07, 6.45) is 1.02. The predicted octanol–water partition coefficient (Wildman–Crippen LogP) is 3.26. The van der Waals surface area contributed by atoms with Crippen molar-refractivity contribution < 1.29 is 9.53 Å². The molecule has 0 aliphatic carbocycles. The lowest BCUT2D eigenvalue weighted by molar-refractivity contribution is -0.128. The van der Waals surface area contributed by atoms with E-state index in [1.165, 1.54) is 10.8 Å². The Kier molecular flexibility index (Phi) is 2.65. The molecule has 0 spiro atoms. The van der Waals surface area contributed by atoms with Gasteiger partial charge in [0.05, 0.1) is 12.7 Å². The second-order valence-electron chi connectivity index (χ2n) is 4.46. The number of carbonyl (C=O) groups excluding carboxylic acids is 1. The molecule has 1 saturated heterocycles. The van der Waals surface area contributed by atoms with Crippen LogP contribution in [-0.4, -0.2) is 12.4 Å². The van der Waals surface area contributed by atoms with Crippen molar-refractivity contribution in [2.45, 2.75) is 18.9 Å². The molecular weight excluding hydrogens is 212 g/mol. The highest BCUT2D eigenvalue weighted by Gasteiger charge is 2.21. The Balaban J connectivity index is 1.97. The van der Waals surface area contributed by atoms with Crippen molar-refractivity contribution in [3.8, 4) is 0 Å².